The number of hydrogen-bond acceptors (Lipinski definition) is 4. The van der Waals surface area contributed by atoms with E-state index in [1.54, 1.807) is 16.8 Å². The molecule has 1 aromatic carbocycles. The lowest BCUT2D eigenvalue weighted by Crippen LogP contribution is -2.01. The molecular formula is C16H15N3S. The Hall–Kier alpha value is -1.94. The first-order valence-corrected chi connectivity index (χ1v) is 7.76. The molecule has 0 amide bonds. The van der Waals surface area contributed by atoms with Crippen LogP contribution in [0.1, 0.15) is 21.7 Å². The molecule has 0 spiro atoms. The minimum absolute atomic E-state index is 0.846. The van der Waals surface area contributed by atoms with Crippen LogP contribution in [0.25, 0.3) is 10.9 Å². The summed E-state index contributed by atoms with van der Waals surface area (Å²) >= 11 is 1.94. The smallest absolute Gasteiger partial charge is 0.137 e. The Balaban J connectivity index is 1.58. The summed E-state index contributed by atoms with van der Waals surface area (Å²) in [5, 5.41) is 4.53. The predicted molar refractivity (Wildman–Crippen MR) is 83.2 cm³/mol. The van der Waals surface area contributed by atoms with Crippen molar-refractivity contribution in [2.75, 3.05) is 5.32 Å². The fraction of sp³-hybridized carbons (Fsp3) is 0.250. The highest BCUT2D eigenvalue weighted by Crippen LogP contribution is 2.31. The lowest BCUT2D eigenvalue weighted by molar-refractivity contribution is 0.913. The molecule has 4 rings (SSSR count). The van der Waals surface area contributed by atoms with Crippen molar-refractivity contribution in [2.24, 2.45) is 0 Å². The average molecular weight is 281 g/mol. The molecule has 0 fully saturated rings. The molecule has 3 nitrogen and oxygen atoms in total. The van der Waals surface area contributed by atoms with Gasteiger partial charge in [-0.1, -0.05) is 12.1 Å². The van der Waals surface area contributed by atoms with E-state index in [1.165, 1.54) is 24.1 Å². The molecule has 3 aromatic rings. The largest absolute Gasteiger partial charge is 0.365 e. The second-order valence-corrected chi connectivity index (χ2v) is 6.33. The molecule has 1 aliphatic carbocycles. The second kappa shape index (κ2) is 4.87. The summed E-state index contributed by atoms with van der Waals surface area (Å²) in [6.07, 6.45) is 5.46. The van der Waals surface area contributed by atoms with Gasteiger partial charge < -0.3 is 5.32 Å². The van der Waals surface area contributed by atoms with Crippen LogP contribution in [0.5, 0.6) is 0 Å². The van der Waals surface area contributed by atoms with Crippen LogP contribution in [0.4, 0.5) is 5.82 Å². The van der Waals surface area contributed by atoms with Gasteiger partial charge in [-0.15, -0.1) is 11.3 Å². The monoisotopic (exact) mass is 281 g/mol. The molecule has 0 saturated carbocycles. The number of para-hydroxylation sites is 1. The van der Waals surface area contributed by atoms with Gasteiger partial charge in [-0.2, -0.15) is 0 Å². The van der Waals surface area contributed by atoms with E-state index < -0.39 is 0 Å². The third-order valence-electron chi connectivity index (χ3n) is 3.77. The second-order valence-electron chi connectivity index (χ2n) is 5.11. The summed E-state index contributed by atoms with van der Waals surface area (Å²) in [5.41, 5.74) is 2.54. The van der Waals surface area contributed by atoms with E-state index in [2.05, 4.69) is 27.4 Å². The van der Waals surface area contributed by atoms with Crippen molar-refractivity contribution in [2.45, 2.75) is 25.8 Å². The molecule has 0 atom stereocenters. The number of nitrogens with zero attached hydrogens (tertiary/aromatic N) is 2. The number of aryl methyl sites for hydroxylation is 2. The molecular weight excluding hydrogens is 266 g/mol. The van der Waals surface area contributed by atoms with Crippen LogP contribution in [0.3, 0.4) is 0 Å². The van der Waals surface area contributed by atoms with Crippen molar-refractivity contribution in [3.63, 3.8) is 0 Å². The molecule has 0 unspecified atom stereocenters. The highest BCUT2D eigenvalue weighted by molar-refractivity contribution is 7.12. The normalized spacial score (nSPS) is 13.6. The molecule has 0 bridgehead atoms. The Labute approximate surface area is 121 Å². The van der Waals surface area contributed by atoms with Crippen LogP contribution < -0.4 is 5.32 Å². The van der Waals surface area contributed by atoms with E-state index in [9.17, 15) is 0 Å². The Bertz CT molecular complexity index is 737. The Morgan fingerprint density at radius 2 is 2.10 bits per heavy atom. The SMILES string of the molecule is c1ccc2c(NCc3cc4c(s3)CCC4)ncnc2c1. The minimum Gasteiger partial charge on any atom is -0.365 e. The number of thiophene rings is 1. The molecule has 2 aromatic heterocycles. The van der Waals surface area contributed by atoms with Crippen LogP contribution in [-0.4, -0.2) is 9.97 Å². The molecule has 4 heteroatoms. The van der Waals surface area contributed by atoms with Crippen LogP contribution >= 0.6 is 11.3 Å². The van der Waals surface area contributed by atoms with E-state index in [4.69, 9.17) is 0 Å². The number of hydrogen-bond donors (Lipinski definition) is 1. The number of anilines is 1. The third kappa shape index (κ3) is 2.06. The maximum absolute atomic E-state index is 4.37. The fourth-order valence-corrected chi connectivity index (χ4v) is 3.99. The third-order valence-corrected chi connectivity index (χ3v) is 5.01. The first-order chi connectivity index (χ1) is 9.90. The van der Waals surface area contributed by atoms with Crippen LogP contribution in [0.2, 0.25) is 0 Å². The number of rotatable bonds is 3. The summed E-state index contributed by atoms with van der Waals surface area (Å²) in [6, 6.07) is 10.5. The van der Waals surface area contributed by atoms with Gasteiger partial charge in [-0.05, 0) is 43.0 Å². The van der Waals surface area contributed by atoms with Gasteiger partial charge in [0.05, 0.1) is 12.1 Å². The highest BCUT2D eigenvalue weighted by Gasteiger charge is 2.14. The summed E-state index contributed by atoms with van der Waals surface area (Å²) in [4.78, 5) is 11.6. The molecule has 2 heterocycles. The maximum atomic E-state index is 4.37. The standard InChI is InChI=1S/C16H15N3S/c1-2-6-14-13(5-1)16(19-10-18-14)17-9-12-8-11-4-3-7-15(11)20-12/h1-2,5-6,8,10H,3-4,7,9H2,(H,17,18,19). The highest BCUT2D eigenvalue weighted by atomic mass is 32.1. The Kier molecular flexibility index (Phi) is 2.89. The summed E-state index contributed by atoms with van der Waals surface area (Å²) < 4.78 is 0. The zero-order valence-corrected chi connectivity index (χ0v) is 11.9. The van der Waals surface area contributed by atoms with Crippen molar-refractivity contribution in [3.8, 4) is 0 Å². The number of fused-ring (bicyclic) bond motifs is 2. The molecule has 1 aliphatic rings. The van der Waals surface area contributed by atoms with Crippen LogP contribution in [0, 0.1) is 0 Å². The minimum atomic E-state index is 0.846. The average Bonchev–Trinajstić information content (AvgIpc) is 3.06. The van der Waals surface area contributed by atoms with Crippen LogP contribution in [0.15, 0.2) is 36.7 Å². The van der Waals surface area contributed by atoms with Gasteiger partial charge in [0, 0.05) is 15.1 Å². The summed E-state index contributed by atoms with van der Waals surface area (Å²) in [6.45, 7) is 0.846. The van der Waals surface area contributed by atoms with Gasteiger partial charge in [0.25, 0.3) is 0 Å². The van der Waals surface area contributed by atoms with Gasteiger partial charge in [-0.3, -0.25) is 0 Å². The van der Waals surface area contributed by atoms with Crippen molar-refractivity contribution < 1.29 is 0 Å². The van der Waals surface area contributed by atoms with E-state index >= 15 is 0 Å². The van der Waals surface area contributed by atoms with Gasteiger partial charge in [0.2, 0.25) is 0 Å². The summed E-state index contributed by atoms with van der Waals surface area (Å²) in [7, 11) is 0. The zero-order valence-electron chi connectivity index (χ0n) is 11.1. The lowest BCUT2D eigenvalue weighted by Gasteiger charge is -2.06. The van der Waals surface area contributed by atoms with Gasteiger partial charge >= 0.3 is 0 Å². The first kappa shape index (κ1) is 11.9. The molecule has 1 N–H and O–H groups in total. The van der Waals surface area contributed by atoms with E-state index in [0.29, 0.717) is 0 Å². The zero-order chi connectivity index (χ0) is 13.4. The van der Waals surface area contributed by atoms with Gasteiger partial charge in [0.15, 0.2) is 0 Å². The fourth-order valence-electron chi connectivity index (χ4n) is 2.79. The maximum Gasteiger partial charge on any atom is 0.137 e. The van der Waals surface area contributed by atoms with Crippen molar-refractivity contribution in [1.82, 2.24) is 9.97 Å². The molecule has 20 heavy (non-hydrogen) atoms. The van der Waals surface area contributed by atoms with Crippen molar-refractivity contribution in [1.29, 1.82) is 0 Å². The van der Waals surface area contributed by atoms with E-state index in [-0.39, 0.29) is 0 Å². The Morgan fingerprint density at radius 3 is 3.05 bits per heavy atom. The number of nitrogens with one attached hydrogen (secondary N) is 1. The Morgan fingerprint density at radius 1 is 1.15 bits per heavy atom. The predicted octanol–water partition coefficient (Wildman–Crippen LogP) is 3.79. The molecule has 0 aliphatic heterocycles. The first-order valence-electron chi connectivity index (χ1n) is 6.94. The number of benzene rings is 1. The van der Waals surface area contributed by atoms with Crippen molar-refractivity contribution >= 4 is 28.1 Å². The van der Waals surface area contributed by atoms with Crippen LogP contribution in [-0.2, 0) is 19.4 Å². The van der Waals surface area contributed by atoms with Gasteiger partial charge in [-0.25, -0.2) is 9.97 Å². The van der Waals surface area contributed by atoms with E-state index in [1.807, 2.05) is 29.5 Å². The molecule has 0 radical (unpaired) electrons. The molecule has 0 saturated heterocycles. The van der Waals surface area contributed by atoms with Gasteiger partial charge in [0.1, 0.15) is 12.1 Å². The van der Waals surface area contributed by atoms with E-state index in [0.717, 1.165) is 23.3 Å². The van der Waals surface area contributed by atoms with Crippen molar-refractivity contribution in [3.05, 3.63) is 52.0 Å². The lowest BCUT2D eigenvalue weighted by atomic mass is 10.2. The molecule has 100 valence electrons. The topological polar surface area (TPSA) is 37.8 Å². The quantitative estimate of drug-likeness (QED) is 0.793. The number of aromatic nitrogens is 2. The summed E-state index contributed by atoms with van der Waals surface area (Å²) in [5.74, 6) is 0.921.